The molecule has 0 N–H and O–H groups in total. The largest absolute Gasteiger partial charge is 0.334 e. The van der Waals surface area contributed by atoms with Crippen molar-refractivity contribution in [3.8, 4) is 27.9 Å². The van der Waals surface area contributed by atoms with Gasteiger partial charge in [0.05, 0.1) is 17.0 Å². The minimum absolute atomic E-state index is 0.0523. The van der Waals surface area contributed by atoms with Crippen LogP contribution >= 0.6 is 0 Å². The Balaban J connectivity index is 1.13. The van der Waals surface area contributed by atoms with Gasteiger partial charge in [-0.05, 0) is 87.0 Å². The fourth-order valence-corrected chi connectivity index (χ4v) is 9.79. The highest BCUT2D eigenvalue weighted by Crippen LogP contribution is 2.57. The Kier molecular flexibility index (Phi) is 7.89. The van der Waals surface area contributed by atoms with Crippen molar-refractivity contribution in [2.75, 3.05) is 4.90 Å². The SMILES string of the molecule is C1=CC(N(c2ccc(-c3ccccc3)cc2)c2ccc3c(c2)C(c2ccccc2)(c2ccccc2)c2ccccc2-3)Cc2c1c1ccccc1n2-c1ccccc1. The van der Waals surface area contributed by atoms with Crippen molar-refractivity contribution in [2.24, 2.45) is 0 Å². The molecule has 57 heavy (non-hydrogen) atoms. The predicted octanol–water partition coefficient (Wildman–Crippen LogP) is 13.4. The van der Waals surface area contributed by atoms with Crippen LogP contribution in [-0.4, -0.2) is 10.6 Å². The van der Waals surface area contributed by atoms with Gasteiger partial charge in [-0.1, -0.05) is 182 Å². The van der Waals surface area contributed by atoms with Gasteiger partial charge in [-0.3, -0.25) is 0 Å². The quantitative estimate of drug-likeness (QED) is 0.159. The first-order valence-electron chi connectivity index (χ1n) is 20.0. The molecule has 0 amide bonds. The molecular weight excluding hydrogens is 689 g/mol. The van der Waals surface area contributed by atoms with Gasteiger partial charge < -0.3 is 9.47 Å². The Morgan fingerprint density at radius 3 is 1.75 bits per heavy atom. The van der Waals surface area contributed by atoms with Gasteiger partial charge in [0, 0.05) is 40.1 Å². The van der Waals surface area contributed by atoms with E-state index in [0.29, 0.717) is 0 Å². The van der Waals surface area contributed by atoms with E-state index in [0.717, 1.165) is 12.1 Å². The number of aromatic nitrogens is 1. The molecule has 0 fully saturated rings. The molecule has 0 saturated carbocycles. The highest BCUT2D eigenvalue weighted by atomic mass is 15.2. The van der Waals surface area contributed by atoms with Gasteiger partial charge in [-0.15, -0.1) is 0 Å². The van der Waals surface area contributed by atoms with Crippen molar-refractivity contribution < 1.29 is 0 Å². The Bertz CT molecular complexity index is 2870. The number of rotatable bonds is 7. The summed E-state index contributed by atoms with van der Waals surface area (Å²) in [6.45, 7) is 0. The number of benzene rings is 8. The fraction of sp³-hybridized carbons (Fsp3) is 0.0545. The minimum Gasteiger partial charge on any atom is -0.334 e. The third-order valence-corrected chi connectivity index (χ3v) is 12.2. The van der Waals surface area contributed by atoms with Crippen LogP contribution in [-0.2, 0) is 11.8 Å². The summed E-state index contributed by atoms with van der Waals surface area (Å²) in [5.41, 5.74) is 17.1. The van der Waals surface area contributed by atoms with Gasteiger partial charge in [0.1, 0.15) is 0 Å². The van der Waals surface area contributed by atoms with E-state index in [-0.39, 0.29) is 6.04 Å². The Hall–Kier alpha value is -7.16. The summed E-state index contributed by atoms with van der Waals surface area (Å²) in [6.07, 6.45) is 5.65. The van der Waals surface area contributed by atoms with Crippen LogP contribution in [0.25, 0.3) is 44.9 Å². The molecule has 9 aromatic rings. The molecule has 270 valence electrons. The molecule has 1 heterocycles. The minimum atomic E-state index is -0.484. The molecule has 1 aromatic heterocycles. The molecular formula is C55H40N2. The van der Waals surface area contributed by atoms with Crippen molar-refractivity contribution in [1.82, 2.24) is 4.57 Å². The van der Waals surface area contributed by atoms with Gasteiger partial charge in [0.25, 0.3) is 0 Å². The molecule has 0 radical (unpaired) electrons. The van der Waals surface area contributed by atoms with Crippen LogP contribution < -0.4 is 4.90 Å². The standard InChI is InChI=1S/C55H40N2/c1-5-17-39(18-6-1)40-29-31-44(32-30-40)56(46-34-36-50-49-26-14-16-28-53(49)57(54(50)38-46)43-23-11-4-12-24-43)45-33-35-48-47-25-13-15-27-51(47)55(52(48)37-45,41-19-7-2-8-20-41)42-21-9-3-10-22-42/h1-37,46H,38H2. The lowest BCUT2D eigenvalue weighted by atomic mass is 9.67. The smallest absolute Gasteiger partial charge is 0.0714 e. The van der Waals surface area contributed by atoms with E-state index in [2.05, 4.69) is 234 Å². The van der Waals surface area contributed by atoms with E-state index in [4.69, 9.17) is 0 Å². The summed E-state index contributed by atoms with van der Waals surface area (Å²) < 4.78 is 2.48. The van der Waals surface area contributed by atoms with Gasteiger partial charge >= 0.3 is 0 Å². The van der Waals surface area contributed by atoms with Gasteiger partial charge in [0.2, 0.25) is 0 Å². The molecule has 8 aromatic carbocycles. The second-order valence-electron chi connectivity index (χ2n) is 15.2. The van der Waals surface area contributed by atoms with Gasteiger partial charge in [-0.25, -0.2) is 0 Å². The molecule has 1 atom stereocenters. The predicted molar refractivity (Wildman–Crippen MR) is 238 cm³/mol. The van der Waals surface area contributed by atoms with Crippen LogP contribution in [0.3, 0.4) is 0 Å². The molecule has 2 aliphatic carbocycles. The summed E-state index contributed by atoms with van der Waals surface area (Å²) in [6, 6.07) is 78.0. The maximum absolute atomic E-state index is 2.57. The maximum Gasteiger partial charge on any atom is 0.0714 e. The average Bonchev–Trinajstić information content (AvgIpc) is 3.78. The van der Waals surface area contributed by atoms with Crippen LogP contribution in [0.4, 0.5) is 11.4 Å². The molecule has 0 bridgehead atoms. The maximum atomic E-state index is 2.57. The van der Waals surface area contributed by atoms with Gasteiger partial charge in [-0.2, -0.15) is 0 Å². The van der Waals surface area contributed by atoms with E-state index in [1.807, 2.05) is 0 Å². The number of nitrogens with zero attached hydrogens (tertiary/aromatic N) is 2. The zero-order valence-corrected chi connectivity index (χ0v) is 31.5. The summed E-state index contributed by atoms with van der Waals surface area (Å²) in [5, 5.41) is 1.29. The third-order valence-electron chi connectivity index (χ3n) is 12.2. The Morgan fingerprint density at radius 2 is 1.04 bits per heavy atom. The van der Waals surface area contributed by atoms with E-state index in [1.165, 1.54) is 78.0 Å². The molecule has 2 aliphatic rings. The first kappa shape index (κ1) is 33.2. The molecule has 2 heteroatoms. The van der Waals surface area contributed by atoms with Crippen molar-refractivity contribution in [1.29, 1.82) is 0 Å². The van der Waals surface area contributed by atoms with Crippen LogP contribution in [0.1, 0.15) is 33.5 Å². The average molecular weight is 729 g/mol. The number of hydrogen-bond donors (Lipinski definition) is 0. The van der Waals surface area contributed by atoms with E-state index >= 15 is 0 Å². The van der Waals surface area contributed by atoms with Crippen molar-refractivity contribution >= 4 is 28.4 Å². The Labute approximate surface area is 334 Å². The normalized spacial score (nSPS) is 14.8. The van der Waals surface area contributed by atoms with Crippen molar-refractivity contribution in [3.05, 3.63) is 252 Å². The van der Waals surface area contributed by atoms with Crippen LogP contribution in [0.2, 0.25) is 0 Å². The number of fused-ring (bicyclic) bond motifs is 6. The van der Waals surface area contributed by atoms with Crippen molar-refractivity contribution in [3.63, 3.8) is 0 Å². The summed E-state index contributed by atoms with van der Waals surface area (Å²) in [5.74, 6) is 0. The molecule has 0 aliphatic heterocycles. The van der Waals surface area contributed by atoms with Crippen LogP contribution in [0, 0.1) is 0 Å². The number of para-hydroxylation sites is 2. The lowest BCUT2D eigenvalue weighted by Gasteiger charge is -2.37. The zero-order chi connectivity index (χ0) is 37.8. The molecule has 2 nitrogen and oxygen atoms in total. The topological polar surface area (TPSA) is 8.17 Å². The van der Waals surface area contributed by atoms with E-state index in [1.54, 1.807) is 0 Å². The van der Waals surface area contributed by atoms with Crippen LogP contribution in [0.15, 0.2) is 218 Å². The zero-order valence-electron chi connectivity index (χ0n) is 31.5. The number of anilines is 2. The summed E-state index contributed by atoms with van der Waals surface area (Å²) in [4.78, 5) is 2.57. The fourth-order valence-electron chi connectivity index (χ4n) is 9.79. The molecule has 11 rings (SSSR count). The number of hydrogen-bond acceptors (Lipinski definition) is 1. The van der Waals surface area contributed by atoms with Gasteiger partial charge in [0.15, 0.2) is 0 Å². The van der Waals surface area contributed by atoms with E-state index in [9.17, 15) is 0 Å². The lowest BCUT2D eigenvalue weighted by Crippen LogP contribution is -2.34. The third kappa shape index (κ3) is 5.25. The monoisotopic (exact) mass is 728 g/mol. The van der Waals surface area contributed by atoms with E-state index < -0.39 is 5.41 Å². The van der Waals surface area contributed by atoms with Crippen LogP contribution in [0.5, 0.6) is 0 Å². The summed E-state index contributed by atoms with van der Waals surface area (Å²) >= 11 is 0. The highest BCUT2D eigenvalue weighted by Gasteiger charge is 2.46. The summed E-state index contributed by atoms with van der Waals surface area (Å²) in [7, 11) is 0. The molecule has 0 spiro atoms. The second kappa shape index (κ2) is 13.5. The first-order valence-corrected chi connectivity index (χ1v) is 20.0. The van der Waals surface area contributed by atoms with Crippen molar-refractivity contribution in [2.45, 2.75) is 17.9 Å². The second-order valence-corrected chi connectivity index (χ2v) is 15.2. The molecule has 1 unspecified atom stereocenters. The molecule has 0 saturated heterocycles. The lowest BCUT2D eigenvalue weighted by molar-refractivity contribution is 0.734. The first-order chi connectivity index (χ1) is 28.3. The Morgan fingerprint density at radius 1 is 0.474 bits per heavy atom. The highest BCUT2D eigenvalue weighted by molar-refractivity contribution is 5.94.